The van der Waals surface area contributed by atoms with Crippen molar-refractivity contribution < 1.29 is 14.2 Å². The van der Waals surface area contributed by atoms with E-state index in [0.717, 1.165) is 30.3 Å². The Morgan fingerprint density at radius 1 is 0.920 bits per heavy atom. The van der Waals surface area contributed by atoms with Crippen molar-refractivity contribution in [1.82, 2.24) is 5.32 Å². The highest BCUT2D eigenvalue weighted by Crippen LogP contribution is 2.32. The molecule has 0 unspecified atom stereocenters. The van der Waals surface area contributed by atoms with Crippen molar-refractivity contribution in [2.75, 3.05) is 6.79 Å². The van der Waals surface area contributed by atoms with Gasteiger partial charge in [-0.15, -0.1) is 11.3 Å². The zero-order valence-corrected chi connectivity index (χ0v) is 14.6. The first-order chi connectivity index (χ1) is 12.4. The molecular weight excluding hydrogens is 334 g/mol. The Hall–Kier alpha value is -2.50. The Balaban J connectivity index is 1.25. The molecule has 0 amide bonds. The molecule has 25 heavy (non-hydrogen) atoms. The molecule has 0 atom stereocenters. The number of thiophene rings is 1. The van der Waals surface area contributed by atoms with Crippen molar-refractivity contribution >= 4 is 11.3 Å². The van der Waals surface area contributed by atoms with Crippen LogP contribution in [0.15, 0.2) is 60.0 Å². The lowest BCUT2D eigenvalue weighted by molar-refractivity contribution is 0.174. The molecule has 2 aromatic carbocycles. The second-order valence-corrected chi connectivity index (χ2v) is 6.84. The summed E-state index contributed by atoms with van der Waals surface area (Å²) in [5.41, 5.74) is 2.41. The van der Waals surface area contributed by atoms with Crippen LogP contribution in [0.2, 0.25) is 0 Å². The van der Waals surface area contributed by atoms with Crippen molar-refractivity contribution in [3.63, 3.8) is 0 Å². The largest absolute Gasteiger partial charge is 0.488 e. The summed E-state index contributed by atoms with van der Waals surface area (Å²) in [5.74, 6) is 2.54. The minimum absolute atomic E-state index is 0.313. The van der Waals surface area contributed by atoms with Crippen LogP contribution in [0, 0.1) is 0 Å². The normalized spacial score (nSPS) is 12.3. The summed E-state index contributed by atoms with van der Waals surface area (Å²) in [4.78, 5) is 1.23. The van der Waals surface area contributed by atoms with E-state index in [2.05, 4.69) is 35.0 Å². The molecule has 128 valence electrons. The van der Waals surface area contributed by atoms with Gasteiger partial charge in [0.1, 0.15) is 12.4 Å². The SMILES string of the molecule is c1csc(COc2ccc(CNCc3ccc4c(c3)OCO4)cc2)c1. The molecule has 5 heteroatoms. The summed E-state index contributed by atoms with van der Waals surface area (Å²) in [6, 6.07) is 18.4. The second kappa shape index (κ2) is 7.59. The molecule has 0 fully saturated rings. The molecule has 2 heterocycles. The number of rotatable bonds is 7. The summed E-state index contributed by atoms with van der Waals surface area (Å²) in [6.07, 6.45) is 0. The lowest BCUT2D eigenvalue weighted by Gasteiger charge is -2.08. The minimum atomic E-state index is 0.313. The zero-order valence-electron chi connectivity index (χ0n) is 13.7. The number of nitrogens with one attached hydrogen (secondary N) is 1. The molecule has 1 aliphatic heterocycles. The fourth-order valence-electron chi connectivity index (χ4n) is 2.65. The Morgan fingerprint density at radius 2 is 1.72 bits per heavy atom. The molecule has 4 rings (SSSR count). The van der Waals surface area contributed by atoms with E-state index in [0.29, 0.717) is 13.4 Å². The Bertz CT molecular complexity index is 815. The smallest absolute Gasteiger partial charge is 0.231 e. The first kappa shape index (κ1) is 16.0. The van der Waals surface area contributed by atoms with Gasteiger partial charge in [0.05, 0.1) is 0 Å². The van der Waals surface area contributed by atoms with E-state index in [4.69, 9.17) is 14.2 Å². The molecule has 1 aromatic heterocycles. The standard InChI is InChI=1S/C20H19NO3S/c1-2-18(25-9-1)13-22-17-6-3-15(4-7-17)11-21-12-16-5-8-19-20(10-16)24-14-23-19/h1-10,21H,11-14H2. The highest BCUT2D eigenvalue weighted by atomic mass is 32.1. The van der Waals surface area contributed by atoms with E-state index >= 15 is 0 Å². The van der Waals surface area contributed by atoms with Gasteiger partial charge in [-0.05, 0) is 46.8 Å². The van der Waals surface area contributed by atoms with Gasteiger partial charge in [0.15, 0.2) is 11.5 Å². The average Bonchev–Trinajstić information content (AvgIpc) is 3.32. The van der Waals surface area contributed by atoms with Crippen molar-refractivity contribution in [3.05, 3.63) is 76.0 Å². The van der Waals surface area contributed by atoms with Crippen LogP contribution in [0.3, 0.4) is 0 Å². The molecule has 3 aromatic rings. The molecule has 0 aliphatic carbocycles. The molecule has 0 radical (unpaired) electrons. The lowest BCUT2D eigenvalue weighted by atomic mass is 10.2. The number of hydrogen-bond acceptors (Lipinski definition) is 5. The number of ether oxygens (including phenoxy) is 3. The van der Waals surface area contributed by atoms with Gasteiger partial charge in [0, 0.05) is 18.0 Å². The minimum Gasteiger partial charge on any atom is -0.488 e. The Kier molecular flexibility index (Phi) is 4.86. The second-order valence-electron chi connectivity index (χ2n) is 5.80. The van der Waals surface area contributed by atoms with Gasteiger partial charge in [-0.3, -0.25) is 0 Å². The van der Waals surface area contributed by atoms with Gasteiger partial charge in [-0.1, -0.05) is 24.3 Å². The van der Waals surface area contributed by atoms with Crippen LogP contribution in [-0.4, -0.2) is 6.79 Å². The molecule has 0 saturated heterocycles. The highest BCUT2D eigenvalue weighted by Gasteiger charge is 2.12. The molecule has 4 nitrogen and oxygen atoms in total. The van der Waals surface area contributed by atoms with Crippen LogP contribution in [0.4, 0.5) is 0 Å². The topological polar surface area (TPSA) is 39.7 Å². The number of hydrogen-bond donors (Lipinski definition) is 1. The lowest BCUT2D eigenvalue weighted by Crippen LogP contribution is -2.12. The van der Waals surface area contributed by atoms with Gasteiger partial charge in [0.2, 0.25) is 6.79 Å². The maximum Gasteiger partial charge on any atom is 0.231 e. The molecular formula is C20H19NO3S. The van der Waals surface area contributed by atoms with E-state index in [1.165, 1.54) is 16.0 Å². The predicted octanol–water partition coefficient (Wildman–Crippen LogP) is 4.35. The highest BCUT2D eigenvalue weighted by molar-refractivity contribution is 7.09. The maximum atomic E-state index is 5.79. The number of benzene rings is 2. The summed E-state index contributed by atoms with van der Waals surface area (Å²) in [7, 11) is 0. The third-order valence-corrected chi connectivity index (χ3v) is 4.83. The van der Waals surface area contributed by atoms with Crippen molar-refractivity contribution in [3.8, 4) is 17.2 Å². The van der Waals surface area contributed by atoms with Crippen LogP contribution in [0.5, 0.6) is 17.2 Å². The van der Waals surface area contributed by atoms with E-state index in [1.807, 2.05) is 30.3 Å². The van der Waals surface area contributed by atoms with Crippen LogP contribution < -0.4 is 19.5 Å². The quantitative estimate of drug-likeness (QED) is 0.686. The van der Waals surface area contributed by atoms with E-state index < -0.39 is 0 Å². The Labute approximate surface area is 151 Å². The van der Waals surface area contributed by atoms with Gasteiger partial charge in [-0.25, -0.2) is 0 Å². The number of fused-ring (bicyclic) bond motifs is 1. The van der Waals surface area contributed by atoms with Crippen molar-refractivity contribution in [2.24, 2.45) is 0 Å². The summed E-state index contributed by atoms with van der Waals surface area (Å²) < 4.78 is 16.5. The van der Waals surface area contributed by atoms with Gasteiger partial charge in [-0.2, -0.15) is 0 Å². The summed E-state index contributed by atoms with van der Waals surface area (Å²) in [6.45, 7) is 2.53. The van der Waals surface area contributed by atoms with Crippen molar-refractivity contribution in [2.45, 2.75) is 19.7 Å². The van der Waals surface area contributed by atoms with E-state index in [-0.39, 0.29) is 0 Å². The monoisotopic (exact) mass is 353 g/mol. The summed E-state index contributed by atoms with van der Waals surface area (Å²) in [5, 5.41) is 5.51. The zero-order chi connectivity index (χ0) is 16.9. The van der Waals surface area contributed by atoms with E-state index in [1.54, 1.807) is 11.3 Å². The third-order valence-electron chi connectivity index (χ3n) is 3.98. The van der Waals surface area contributed by atoms with Gasteiger partial charge < -0.3 is 19.5 Å². The van der Waals surface area contributed by atoms with Crippen LogP contribution in [0.1, 0.15) is 16.0 Å². The molecule has 1 aliphatic rings. The van der Waals surface area contributed by atoms with Crippen LogP contribution in [0.25, 0.3) is 0 Å². The average molecular weight is 353 g/mol. The first-order valence-electron chi connectivity index (χ1n) is 8.20. The molecule has 0 bridgehead atoms. The first-order valence-corrected chi connectivity index (χ1v) is 9.08. The van der Waals surface area contributed by atoms with Crippen LogP contribution >= 0.6 is 11.3 Å². The van der Waals surface area contributed by atoms with Gasteiger partial charge >= 0.3 is 0 Å². The third kappa shape index (κ3) is 4.13. The van der Waals surface area contributed by atoms with Crippen LogP contribution in [-0.2, 0) is 19.7 Å². The fraction of sp³-hybridized carbons (Fsp3) is 0.200. The molecule has 0 saturated carbocycles. The fourth-order valence-corrected chi connectivity index (χ4v) is 3.27. The van der Waals surface area contributed by atoms with Gasteiger partial charge in [0.25, 0.3) is 0 Å². The van der Waals surface area contributed by atoms with Crippen molar-refractivity contribution in [1.29, 1.82) is 0 Å². The molecule has 0 spiro atoms. The Morgan fingerprint density at radius 3 is 2.56 bits per heavy atom. The molecule has 1 N–H and O–H groups in total. The predicted molar refractivity (Wildman–Crippen MR) is 98.2 cm³/mol. The summed E-state index contributed by atoms with van der Waals surface area (Å²) >= 11 is 1.71. The van der Waals surface area contributed by atoms with E-state index in [9.17, 15) is 0 Å². The maximum absolute atomic E-state index is 5.79.